The molecule has 362 valence electrons. The number of hydrogen-bond acceptors (Lipinski definition) is 16. The molecule has 0 radical (unpaired) electrons. The van der Waals surface area contributed by atoms with Gasteiger partial charge in [0.25, 0.3) is 0 Å². The summed E-state index contributed by atoms with van der Waals surface area (Å²) in [6.07, 6.45) is -6.88. The van der Waals surface area contributed by atoms with E-state index in [1.807, 2.05) is 60.7 Å². The van der Waals surface area contributed by atoms with Gasteiger partial charge in [0.1, 0.15) is 54.4 Å². The van der Waals surface area contributed by atoms with E-state index in [1.54, 1.807) is 51.1 Å². The molecule has 2 heterocycles. The number of hydrogen-bond donors (Lipinski definition) is 8. The summed E-state index contributed by atoms with van der Waals surface area (Å²) < 4.78 is 35.9. The van der Waals surface area contributed by atoms with Gasteiger partial charge in [-0.25, -0.2) is 4.79 Å². The average Bonchev–Trinajstić information content (AvgIpc) is 3.72. The number of carbonyl (C=O) groups excluding carboxylic acids is 4. The number of amides is 2. The molecule has 2 fully saturated rings. The molecule has 1 aliphatic carbocycles. The molecule has 2 saturated heterocycles. The molecule has 18 heteroatoms. The van der Waals surface area contributed by atoms with Gasteiger partial charge in [-0.1, -0.05) is 84.9 Å². The summed E-state index contributed by atoms with van der Waals surface area (Å²) in [6.45, 7) is 5.28. The number of carbonyl (C=O) groups is 4. The molecular formula is C49H60N2O16. The number of aliphatic hydroxyl groups is 6. The van der Waals surface area contributed by atoms with Crippen LogP contribution in [-0.4, -0.2) is 147 Å². The minimum Gasteiger partial charge on any atom is -0.460 e. The van der Waals surface area contributed by atoms with Crippen molar-refractivity contribution in [1.82, 2.24) is 10.6 Å². The molecule has 3 aromatic carbocycles. The van der Waals surface area contributed by atoms with Gasteiger partial charge in [0.2, 0.25) is 17.6 Å². The molecule has 0 spiro atoms. The first kappa shape index (κ1) is 51.0. The number of rotatable bonds is 18. The number of benzene rings is 3. The molecular weight excluding hydrogens is 873 g/mol. The molecule has 18 nitrogen and oxygen atoms in total. The Morgan fingerprint density at radius 1 is 0.866 bits per heavy atom. The topological polar surface area (TPSA) is 269 Å². The van der Waals surface area contributed by atoms with Gasteiger partial charge < -0.3 is 69.7 Å². The van der Waals surface area contributed by atoms with Gasteiger partial charge in [0.05, 0.1) is 37.5 Å². The third-order valence-corrected chi connectivity index (χ3v) is 11.3. The largest absolute Gasteiger partial charge is 0.460 e. The molecule has 2 aliphatic heterocycles. The zero-order valence-corrected chi connectivity index (χ0v) is 37.7. The molecule has 0 bridgehead atoms. The summed E-state index contributed by atoms with van der Waals surface area (Å²) >= 11 is 0. The number of esters is 2. The van der Waals surface area contributed by atoms with Gasteiger partial charge in [0, 0.05) is 29.5 Å². The third-order valence-electron chi connectivity index (χ3n) is 11.3. The van der Waals surface area contributed by atoms with E-state index in [4.69, 9.17) is 28.4 Å². The summed E-state index contributed by atoms with van der Waals surface area (Å²) in [5.41, 5.74) is 1.45. The maximum atomic E-state index is 14.1. The van der Waals surface area contributed by atoms with Gasteiger partial charge in [-0.15, -0.1) is 0 Å². The van der Waals surface area contributed by atoms with Crippen molar-refractivity contribution in [1.29, 1.82) is 0 Å². The Balaban J connectivity index is 1.18. The summed E-state index contributed by atoms with van der Waals surface area (Å²) in [4.78, 5) is 53.9. The van der Waals surface area contributed by atoms with Crippen molar-refractivity contribution in [2.75, 3.05) is 19.8 Å². The van der Waals surface area contributed by atoms with Crippen LogP contribution in [0.15, 0.2) is 103 Å². The van der Waals surface area contributed by atoms with Crippen molar-refractivity contribution in [3.8, 4) is 0 Å². The first-order chi connectivity index (χ1) is 31.9. The molecule has 11 unspecified atom stereocenters. The van der Waals surface area contributed by atoms with E-state index < -0.39 is 116 Å². The van der Waals surface area contributed by atoms with Gasteiger partial charge in [-0.3, -0.25) is 14.4 Å². The molecule has 0 aromatic heterocycles. The highest BCUT2D eigenvalue weighted by Gasteiger charge is 2.55. The number of ether oxygens (including phenoxy) is 6. The predicted molar refractivity (Wildman–Crippen MR) is 238 cm³/mol. The number of aliphatic hydroxyl groups excluding tert-OH is 6. The van der Waals surface area contributed by atoms with Crippen LogP contribution in [0.1, 0.15) is 74.0 Å². The Morgan fingerprint density at radius 3 is 2.09 bits per heavy atom. The van der Waals surface area contributed by atoms with Crippen LogP contribution in [-0.2, 0) is 48.6 Å². The van der Waals surface area contributed by atoms with Crippen molar-refractivity contribution >= 4 is 29.8 Å². The van der Waals surface area contributed by atoms with E-state index in [1.165, 1.54) is 19.1 Å². The highest BCUT2D eigenvalue weighted by Crippen LogP contribution is 2.47. The van der Waals surface area contributed by atoms with Crippen LogP contribution < -0.4 is 10.6 Å². The van der Waals surface area contributed by atoms with Crippen LogP contribution in [0.4, 0.5) is 0 Å². The lowest BCUT2D eigenvalue weighted by molar-refractivity contribution is -0.298. The Labute approximate surface area is 388 Å². The first-order valence-corrected chi connectivity index (χ1v) is 22.1. The molecule has 0 saturated carbocycles. The monoisotopic (exact) mass is 932 g/mol. The first-order valence-electron chi connectivity index (χ1n) is 22.1. The second-order valence-corrected chi connectivity index (χ2v) is 17.6. The summed E-state index contributed by atoms with van der Waals surface area (Å²) in [6, 6.07) is 22.3. The Morgan fingerprint density at radius 2 is 1.51 bits per heavy atom. The lowest BCUT2D eigenvalue weighted by Gasteiger charge is -2.39. The summed E-state index contributed by atoms with van der Waals surface area (Å²) in [5, 5.41) is 65.6. The smallest absolute Gasteiger partial charge is 0.338 e. The van der Waals surface area contributed by atoms with Crippen LogP contribution >= 0.6 is 0 Å². The fourth-order valence-electron chi connectivity index (χ4n) is 7.89. The molecule has 2 amide bonds. The van der Waals surface area contributed by atoms with Gasteiger partial charge in [-0.05, 0) is 57.9 Å². The normalized spacial score (nSPS) is 26.1. The third kappa shape index (κ3) is 12.8. The zero-order valence-electron chi connectivity index (χ0n) is 37.7. The van der Waals surface area contributed by atoms with Crippen molar-refractivity contribution in [2.24, 2.45) is 0 Å². The van der Waals surface area contributed by atoms with E-state index in [0.29, 0.717) is 16.7 Å². The highest BCUT2D eigenvalue weighted by molar-refractivity contribution is 5.98. The van der Waals surface area contributed by atoms with E-state index in [-0.39, 0.29) is 37.0 Å². The standard InChI is InChI=1S/C49H60N2O16/c1-28(54)39(45(60)50-34(26-52)21-22-38(55)66-48(2,3)4)51-44(59)31-24-35(43-36(25-31)65-49(67-43,32-13-7-5-8-14-32)33-15-9-6-10-16-33)63-46(61)30-19-17-29(18-20-30)12-11-23-62-47-42(58)41(57)40(56)37(27-53)64-47/h5-20,25,28,34-37,39-43,47,52-54,56-58H,21-24,26-27H2,1-4H3,(H,50,60)(H,51,59). The number of nitrogens with one attached hydrogen (secondary N) is 2. The minimum atomic E-state index is -1.58. The van der Waals surface area contributed by atoms with Crippen LogP contribution in [0.5, 0.6) is 0 Å². The molecule has 8 N–H and O–H groups in total. The van der Waals surface area contributed by atoms with Crippen LogP contribution in [0.2, 0.25) is 0 Å². The lowest BCUT2D eigenvalue weighted by atomic mass is 9.91. The Kier molecular flexibility index (Phi) is 17.2. The molecule has 6 rings (SSSR count). The molecule has 11 atom stereocenters. The van der Waals surface area contributed by atoms with Crippen LogP contribution in [0.3, 0.4) is 0 Å². The van der Waals surface area contributed by atoms with E-state index >= 15 is 0 Å². The van der Waals surface area contributed by atoms with Crippen LogP contribution in [0, 0.1) is 0 Å². The summed E-state index contributed by atoms with van der Waals surface area (Å²) in [5.74, 6) is -4.33. The van der Waals surface area contributed by atoms with Crippen LogP contribution in [0.25, 0.3) is 6.08 Å². The van der Waals surface area contributed by atoms with Crippen molar-refractivity contribution in [3.63, 3.8) is 0 Å². The average molecular weight is 933 g/mol. The van der Waals surface area contributed by atoms with Gasteiger partial charge >= 0.3 is 11.9 Å². The molecule has 67 heavy (non-hydrogen) atoms. The van der Waals surface area contributed by atoms with E-state index in [2.05, 4.69) is 10.6 Å². The van der Waals surface area contributed by atoms with Crippen molar-refractivity contribution in [3.05, 3.63) is 125 Å². The predicted octanol–water partition coefficient (Wildman–Crippen LogP) is 1.52. The summed E-state index contributed by atoms with van der Waals surface area (Å²) in [7, 11) is 0. The maximum absolute atomic E-state index is 14.1. The second-order valence-electron chi connectivity index (χ2n) is 17.6. The Bertz CT molecular complexity index is 2150. The van der Waals surface area contributed by atoms with E-state index in [0.717, 1.165) is 0 Å². The zero-order chi connectivity index (χ0) is 48.5. The lowest BCUT2D eigenvalue weighted by Crippen LogP contribution is -2.59. The fourth-order valence-corrected chi connectivity index (χ4v) is 7.89. The minimum absolute atomic E-state index is 0.0315. The Hall–Kier alpha value is -5.38. The molecule has 3 aliphatic rings. The van der Waals surface area contributed by atoms with Gasteiger partial charge in [-0.2, -0.15) is 0 Å². The highest BCUT2D eigenvalue weighted by atomic mass is 16.8. The van der Waals surface area contributed by atoms with Crippen molar-refractivity contribution in [2.45, 2.75) is 126 Å². The van der Waals surface area contributed by atoms with E-state index in [9.17, 15) is 49.8 Å². The second kappa shape index (κ2) is 22.6. The van der Waals surface area contributed by atoms with Gasteiger partial charge in [0.15, 0.2) is 6.29 Å². The maximum Gasteiger partial charge on any atom is 0.338 e. The molecule has 3 aromatic rings. The van der Waals surface area contributed by atoms with Crippen molar-refractivity contribution < 1.29 is 78.2 Å². The quantitative estimate of drug-likeness (QED) is 0.0841. The number of fused-ring (bicyclic) bond motifs is 1. The SMILES string of the molecule is CC(O)C(NC(=O)C1=CC2OC(c3ccccc3)(c3ccccc3)OC2C(OC(=O)c2ccc(C=CCOC3OC(CO)C(O)C(O)C3O)cc2)C1)C(=O)NC(CO)CCC(=O)OC(C)(C)C. The fraction of sp³-hybridized carbons (Fsp3) is 0.469.